The van der Waals surface area contributed by atoms with E-state index in [0.717, 1.165) is 4.90 Å². The van der Waals surface area contributed by atoms with E-state index in [9.17, 15) is 9.59 Å². The van der Waals surface area contributed by atoms with Gasteiger partial charge in [-0.15, -0.1) is 0 Å². The minimum Gasteiger partial charge on any atom is -0.497 e. The van der Waals surface area contributed by atoms with Gasteiger partial charge in [0.05, 0.1) is 31.2 Å². The molecule has 0 radical (unpaired) electrons. The number of hydrogen-bond acceptors (Lipinski definition) is 6. The Morgan fingerprint density at radius 3 is 2.48 bits per heavy atom. The van der Waals surface area contributed by atoms with Crippen molar-refractivity contribution >= 4 is 34.8 Å². The molecule has 1 N–H and O–H groups in total. The van der Waals surface area contributed by atoms with Crippen LogP contribution < -0.4 is 19.9 Å². The normalized spacial score (nSPS) is 18.6. The van der Waals surface area contributed by atoms with Crippen LogP contribution in [0.1, 0.15) is 5.56 Å². The fourth-order valence-electron chi connectivity index (χ4n) is 3.14. The van der Waals surface area contributed by atoms with Crippen LogP contribution >= 0.6 is 11.6 Å². The van der Waals surface area contributed by atoms with Gasteiger partial charge in [0.25, 0.3) is 11.8 Å². The third-order valence-corrected chi connectivity index (χ3v) is 4.70. The molecule has 0 bridgehead atoms. The molecule has 7 nitrogen and oxygen atoms in total. The summed E-state index contributed by atoms with van der Waals surface area (Å²) >= 11 is 5.89. The minimum absolute atomic E-state index is 0.224. The van der Waals surface area contributed by atoms with Gasteiger partial charge in [-0.25, -0.2) is 4.90 Å². The van der Waals surface area contributed by atoms with E-state index < -0.39 is 17.9 Å². The van der Waals surface area contributed by atoms with Crippen molar-refractivity contribution in [2.24, 2.45) is 0 Å². The first-order chi connectivity index (χ1) is 13.0. The zero-order valence-electron chi connectivity index (χ0n) is 14.5. The average Bonchev–Trinajstić information content (AvgIpc) is 3.22. The van der Waals surface area contributed by atoms with Crippen molar-refractivity contribution < 1.29 is 23.9 Å². The number of nitrogens with zero attached hydrogens (tertiary/aromatic N) is 1. The van der Waals surface area contributed by atoms with Crippen LogP contribution in [0.4, 0.5) is 5.69 Å². The third kappa shape index (κ3) is 2.72. The quantitative estimate of drug-likeness (QED) is 0.814. The van der Waals surface area contributed by atoms with Gasteiger partial charge >= 0.3 is 0 Å². The molecule has 138 valence electrons. The van der Waals surface area contributed by atoms with Crippen molar-refractivity contribution in [3.63, 3.8) is 0 Å². The number of imide groups is 1. The summed E-state index contributed by atoms with van der Waals surface area (Å²) in [6, 6.07) is 11.6. The predicted molar refractivity (Wildman–Crippen MR) is 98.4 cm³/mol. The highest BCUT2D eigenvalue weighted by molar-refractivity contribution is 6.33. The number of ether oxygens (including phenoxy) is 2. The molecule has 0 spiro atoms. The van der Waals surface area contributed by atoms with Crippen molar-refractivity contribution in [3.8, 4) is 11.5 Å². The van der Waals surface area contributed by atoms with Crippen LogP contribution in [-0.4, -0.2) is 32.1 Å². The highest BCUT2D eigenvalue weighted by atomic mass is 35.5. The second-order valence-corrected chi connectivity index (χ2v) is 6.35. The number of hydrogen-bond donors (Lipinski definition) is 1. The second-order valence-electron chi connectivity index (χ2n) is 5.91. The monoisotopic (exact) mass is 386 g/mol. The lowest BCUT2D eigenvalue weighted by Crippen LogP contribution is -2.34. The van der Waals surface area contributed by atoms with Crippen LogP contribution in [0.2, 0.25) is 5.02 Å². The summed E-state index contributed by atoms with van der Waals surface area (Å²) in [5.41, 5.74) is 4.29. The molecule has 1 atom stereocenters. The van der Waals surface area contributed by atoms with Crippen molar-refractivity contribution in [2.45, 2.75) is 6.10 Å². The van der Waals surface area contributed by atoms with Gasteiger partial charge in [-0.1, -0.05) is 11.6 Å². The smallest absolute Gasteiger partial charge is 0.270 e. The minimum atomic E-state index is -1.03. The molecule has 27 heavy (non-hydrogen) atoms. The molecule has 4 rings (SSSR count). The number of halogens is 1. The molecule has 2 aliphatic heterocycles. The molecular weight excluding hydrogens is 372 g/mol. The number of amides is 2. The van der Waals surface area contributed by atoms with Gasteiger partial charge in [0.15, 0.2) is 6.10 Å². The molecule has 0 unspecified atom stereocenters. The van der Waals surface area contributed by atoms with Crippen LogP contribution in [0, 0.1) is 0 Å². The van der Waals surface area contributed by atoms with Crippen LogP contribution in [0.15, 0.2) is 48.0 Å². The zero-order valence-corrected chi connectivity index (χ0v) is 15.2. The molecule has 1 fully saturated rings. The lowest BCUT2D eigenvalue weighted by molar-refractivity contribution is -0.127. The molecular formula is C19H15ClN2O5. The Hall–Kier alpha value is -3.03. The Labute approximate surface area is 160 Å². The first-order valence-corrected chi connectivity index (χ1v) is 8.45. The standard InChI is InChI=1S/C19H15ClN2O5/c1-25-12-7-8-14(26-2)13(9-12)16-15-17(27-21-16)19(24)22(18(15)23)11-5-3-10(20)4-6-11/h3-9,17,21H,1-2H3/t17-/m0/s1. The summed E-state index contributed by atoms with van der Waals surface area (Å²) in [7, 11) is 3.06. The fraction of sp³-hybridized carbons (Fsp3) is 0.158. The zero-order chi connectivity index (χ0) is 19.1. The molecule has 2 aromatic rings. The molecule has 2 aromatic carbocycles. The van der Waals surface area contributed by atoms with Crippen molar-refractivity contribution in [3.05, 3.63) is 58.6 Å². The molecule has 2 heterocycles. The van der Waals surface area contributed by atoms with E-state index in [0.29, 0.717) is 33.5 Å². The van der Waals surface area contributed by atoms with Crippen molar-refractivity contribution in [2.75, 3.05) is 19.1 Å². The van der Waals surface area contributed by atoms with Gasteiger partial charge in [0, 0.05) is 10.6 Å². The summed E-state index contributed by atoms with van der Waals surface area (Å²) in [4.78, 5) is 32.3. The maximum absolute atomic E-state index is 13.0. The Bertz CT molecular complexity index is 971. The summed E-state index contributed by atoms with van der Waals surface area (Å²) < 4.78 is 10.6. The van der Waals surface area contributed by atoms with E-state index in [4.69, 9.17) is 25.9 Å². The number of hydroxylamine groups is 1. The Balaban J connectivity index is 1.82. The molecule has 0 saturated carbocycles. The first-order valence-electron chi connectivity index (χ1n) is 8.07. The maximum Gasteiger partial charge on any atom is 0.270 e. The van der Waals surface area contributed by atoms with E-state index in [1.807, 2.05) is 0 Å². The molecule has 8 heteroatoms. The maximum atomic E-state index is 13.0. The van der Waals surface area contributed by atoms with Crippen LogP contribution in [-0.2, 0) is 14.4 Å². The molecule has 2 aliphatic rings. The Morgan fingerprint density at radius 2 is 1.81 bits per heavy atom. The number of carbonyl (C=O) groups is 2. The van der Waals surface area contributed by atoms with Crippen molar-refractivity contribution in [1.29, 1.82) is 0 Å². The number of nitrogens with one attached hydrogen (secondary N) is 1. The summed E-state index contributed by atoms with van der Waals surface area (Å²) in [5.74, 6) is 0.162. The van der Waals surface area contributed by atoms with Gasteiger partial charge in [-0.05, 0) is 42.5 Å². The Kier molecular flexibility index (Phi) is 4.25. The second kappa shape index (κ2) is 6.61. The average molecular weight is 387 g/mol. The third-order valence-electron chi connectivity index (χ3n) is 4.45. The predicted octanol–water partition coefficient (Wildman–Crippen LogP) is 2.55. The lowest BCUT2D eigenvalue weighted by Gasteiger charge is -2.16. The number of methoxy groups -OCH3 is 2. The van der Waals surface area contributed by atoms with Gasteiger partial charge in [-0.2, -0.15) is 0 Å². The van der Waals surface area contributed by atoms with E-state index in [-0.39, 0.29) is 5.57 Å². The van der Waals surface area contributed by atoms with Crippen LogP contribution in [0.25, 0.3) is 5.70 Å². The highest BCUT2D eigenvalue weighted by Gasteiger charge is 2.51. The van der Waals surface area contributed by atoms with E-state index in [1.165, 1.54) is 14.2 Å². The van der Waals surface area contributed by atoms with Gasteiger partial charge in [-0.3, -0.25) is 19.9 Å². The van der Waals surface area contributed by atoms with Gasteiger partial charge in [0.1, 0.15) is 11.5 Å². The van der Waals surface area contributed by atoms with Crippen LogP contribution in [0.3, 0.4) is 0 Å². The van der Waals surface area contributed by atoms with Gasteiger partial charge < -0.3 is 9.47 Å². The number of rotatable bonds is 4. The molecule has 0 aliphatic carbocycles. The topological polar surface area (TPSA) is 77.1 Å². The summed E-state index contributed by atoms with van der Waals surface area (Å²) in [5, 5.41) is 0.511. The summed E-state index contributed by atoms with van der Waals surface area (Å²) in [6.45, 7) is 0. The lowest BCUT2D eigenvalue weighted by atomic mass is 10.0. The van der Waals surface area contributed by atoms with E-state index in [1.54, 1.807) is 42.5 Å². The van der Waals surface area contributed by atoms with E-state index in [2.05, 4.69) is 5.48 Å². The first kappa shape index (κ1) is 17.4. The van der Waals surface area contributed by atoms with E-state index >= 15 is 0 Å². The summed E-state index contributed by atoms with van der Waals surface area (Å²) in [6.07, 6.45) is -1.03. The number of anilines is 1. The highest BCUT2D eigenvalue weighted by Crippen LogP contribution is 2.39. The molecule has 1 saturated heterocycles. The number of carbonyl (C=O) groups excluding carboxylic acids is 2. The number of benzene rings is 2. The SMILES string of the molecule is COc1ccc(OC)c(C2=C3C(=O)N(c4ccc(Cl)cc4)C(=O)[C@H]3ON2)c1. The number of fused-ring (bicyclic) bond motifs is 1. The fourth-order valence-corrected chi connectivity index (χ4v) is 3.26. The van der Waals surface area contributed by atoms with Crippen LogP contribution in [0.5, 0.6) is 11.5 Å². The molecule has 0 aromatic heterocycles. The van der Waals surface area contributed by atoms with Crippen molar-refractivity contribution in [1.82, 2.24) is 5.48 Å². The molecule has 2 amide bonds. The largest absolute Gasteiger partial charge is 0.497 e. The van der Waals surface area contributed by atoms with Gasteiger partial charge in [0.2, 0.25) is 0 Å². The Morgan fingerprint density at radius 1 is 1.07 bits per heavy atom.